The lowest BCUT2D eigenvalue weighted by molar-refractivity contribution is 0.451. The number of aryl methyl sites for hydroxylation is 2. The first-order chi connectivity index (χ1) is 8.50. The molecular formula is C11H13N5OS. The molecule has 94 valence electrons. The van der Waals surface area contributed by atoms with Crippen molar-refractivity contribution in [3.05, 3.63) is 29.5 Å². The predicted octanol–water partition coefficient (Wildman–Crippen LogP) is 1.25. The van der Waals surface area contributed by atoms with Gasteiger partial charge in [-0.15, -0.1) is 0 Å². The average molecular weight is 263 g/mol. The van der Waals surface area contributed by atoms with Crippen LogP contribution in [0.25, 0.3) is 0 Å². The molecule has 2 heterocycles. The summed E-state index contributed by atoms with van der Waals surface area (Å²) in [7, 11) is 1.85. The van der Waals surface area contributed by atoms with Gasteiger partial charge in [-0.25, -0.2) is 9.97 Å². The van der Waals surface area contributed by atoms with Gasteiger partial charge >= 0.3 is 0 Å². The van der Waals surface area contributed by atoms with E-state index in [2.05, 4.69) is 15.1 Å². The summed E-state index contributed by atoms with van der Waals surface area (Å²) in [6, 6.07) is 0. The van der Waals surface area contributed by atoms with Crippen molar-refractivity contribution in [2.24, 2.45) is 12.8 Å². The summed E-state index contributed by atoms with van der Waals surface area (Å²) >= 11 is 4.91. The minimum absolute atomic E-state index is 0.150. The highest BCUT2D eigenvalue weighted by Crippen LogP contribution is 2.27. The minimum Gasteiger partial charge on any atom is -0.433 e. The van der Waals surface area contributed by atoms with Crippen LogP contribution in [0, 0.1) is 13.8 Å². The second-order valence-corrected chi connectivity index (χ2v) is 4.24. The van der Waals surface area contributed by atoms with Crippen molar-refractivity contribution in [3.8, 4) is 11.6 Å². The molecule has 6 nitrogen and oxygen atoms in total. The molecule has 2 aromatic rings. The van der Waals surface area contributed by atoms with Gasteiger partial charge in [0.1, 0.15) is 10.7 Å². The zero-order chi connectivity index (χ0) is 13.3. The van der Waals surface area contributed by atoms with Gasteiger partial charge in [0, 0.05) is 19.4 Å². The molecule has 0 saturated carbocycles. The van der Waals surface area contributed by atoms with Crippen molar-refractivity contribution in [3.63, 3.8) is 0 Å². The smallest absolute Gasteiger partial charge is 0.248 e. The molecule has 0 bridgehead atoms. The number of aromatic nitrogens is 4. The highest BCUT2D eigenvalue weighted by Gasteiger charge is 2.16. The van der Waals surface area contributed by atoms with E-state index < -0.39 is 0 Å². The first-order valence-electron chi connectivity index (χ1n) is 5.29. The van der Waals surface area contributed by atoms with Gasteiger partial charge in [0.05, 0.1) is 5.69 Å². The molecule has 0 fully saturated rings. The summed E-state index contributed by atoms with van der Waals surface area (Å²) in [5.74, 6) is 0.944. The lowest BCUT2D eigenvalue weighted by Crippen LogP contribution is -2.13. The van der Waals surface area contributed by atoms with Gasteiger partial charge < -0.3 is 10.5 Å². The molecule has 7 heteroatoms. The number of thiocarbonyl (C=S) groups is 1. The first-order valence-corrected chi connectivity index (χ1v) is 5.70. The fraction of sp³-hybridized carbons (Fsp3) is 0.273. The standard InChI is InChI=1S/C11H13N5OS/c1-6-9(7(2)16(3)15-6)17-11-8(10(12)18)13-4-5-14-11/h4-5H,1-3H3,(H2,12,18). The summed E-state index contributed by atoms with van der Waals surface area (Å²) < 4.78 is 7.47. The van der Waals surface area contributed by atoms with Crippen molar-refractivity contribution < 1.29 is 4.74 Å². The molecular weight excluding hydrogens is 250 g/mol. The zero-order valence-corrected chi connectivity index (χ0v) is 11.2. The van der Waals surface area contributed by atoms with E-state index in [1.54, 1.807) is 4.68 Å². The molecule has 0 aliphatic rings. The Kier molecular flexibility index (Phi) is 3.24. The molecule has 2 aromatic heterocycles. The molecule has 0 spiro atoms. The summed E-state index contributed by atoms with van der Waals surface area (Å²) in [5.41, 5.74) is 7.62. The molecule has 18 heavy (non-hydrogen) atoms. The Morgan fingerprint density at radius 2 is 2.00 bits per heavy atom. The summed E-state index contributed by atoms with van der Waals surface area (Å²) in [4.78, 5) is 8.31. The van der Waals surface area contributed by atoms with Gasteiger partial charge in [-0.1, -0.05) is 12.2 Å². The molecule has 0 aliphatic heterocycles. The van der Waals surface area contributed by atoms with Crippen LogP contribution in [0.2, 0.25) is 0 Å². The van der Waals surface area contributed by atoms with E-state index in [1.165, 1.54) is 12.4 Å². The van der Waals surface area contributed by atoms with E-state index in [1.807, 2.05) is 20.9 Å². The van der Waals surface area contributed by atoms with Gasteiger partial charge in [0.15, 0.2) is 11.4 Å². The Labute approximate surface area is 110 Å². The molecule has 0 aromatic carbocycles. The van der Waals surface area contributed by atoms with Crippen LogP contribution >= 0.6 is 12.2 Å². The molecule has 2 rings (SSSR count). The Morgan fingerprint density at radius 1 is 1.33 bits per heavy atom. The largest absolute Gasteiger partial charge is 0.433 e. The first kappa shape index (κ1) is 12.4. The van der Waals surface area contributed by atoms with Gasteiger partial charge in [-0.2, -0.15) is 5.10 Å². The van der Waals surface area contributed by atoms with Crippen molar-refractivity contribution in [2.45, 2.75) is 13.8 Å². The average Bonchev–Trinajstić information content (AvgIpc) is 2.56. The SMILES string of the molecule is Cc1nn(C)c(C)c1Oc1nccnc1C(N)=S. The van der Waals surface area contributed by atoms with Gasteiger partial charge in [-0.3, -0.25) is 4.68 Å². The molecule has 2 N–H and O–H groups in total. The van der Waals surface area contributed by atoms with E-state index in [9.17, 15) is 0 Å². The Bertz CT molecular complexity index is 607. The van der Waals surface area contributed by atoms with Crippen molar-refractivity contribution in [1.29, 1.82) is 0 Å². The fourth-order valence-electron chi connectivity index (χ4n) is 1.57. The van der Waals surface area contributed by atoms with Crippen molar-refractivity contribution in [2.75, 3.05) is 0 Å². The zero-order valence-electron chi connectivity index (χ0n) is 10.3. The Morgan fingerprint density at radius 3 is 2.56 bits per heavy atom. The van der Waals surface area contributed by atoms with Crippen LogP contribution in [0.5, 0.6) is 11.6 Å². The predicted molar refractivity (Wildman–Crippen MR) is 70.7 cm³/mol. The maximum Gasteiger partial charge on any atom is 0.248 e. The third-order valence-electron chi connectivity index (χ3n) is 2.54. The summed E-state index contributed by atoms with van der Waals surface area (Å²) in [6.45, 7) is 3.77. The van der Waals surface area contributed by atoms with Crippen LogP contribution in [0.4, 0.5) is 0 Å². The number of nitrogens with zero attached hydrogens (tertiary/aromatic N) is 4. The van der Waals surface area contributed by atoms with E-state index in [0.717, 1.165) is 11.4 Å². The van der Waals surface area contributed by atoms with Crippen LogP contribution in [0.1, 0.15) is 17.1 Å². The van der Waals surface area contributed by atoms with E-state index >= 15 is 0 Å². The maximum absolute atomic E-state index is 5.73. The van der Waals surface area contributed by atoms with Crippen LogP contribution in [0.3, 0.4) is 0 Å². The van der Waals surface area contributed by atoms with E-state index in [4.69, 9.17) is 22.7 Å². The van der Waals surface area contributed by atoms with Crippen LogP contribution in [-0.2, 0) is 7.05 Å². The topological polar surface area (TPSA) is 78.8 Å². The third kappa shape index (κ3) is 2.17. The van der Waals surface area contributed by atoms with Crippen LogP contribution in [-0.4, -0.2) is 24.7 Å². The minimum atomic E-state index is 0.150. The number of rotatable bonds is 3. The third-order valence-corrected chi connectivity index (χ3v) is 2.73. The Hall–Kier alpha value is -2.02. The summed E-state index contributed by atoms with van der Waals surface area (Å²) in [5, 5.41) is 4.26. The number of hydrogen-bond acceptors (Lipinski definition) is 5. The lowest BCUT2D eigenvalue weighted by Gasteiger charge is -2.07. The highest BCUT2D eigenvalue weighted by molar-refractivity contribution is 7.80. The summed E-state index contributed by atoms with van der Waals surface area (Å²) in [6.07, 6.45) is 3.04. The van der Waals surface area contributed by atoms with Crippen LogP contribution in [0.15, 0.2) is 12.4 Å². The highest BCUT2D eigenvalue weighted by atomic mass is 32.1. The second-order valence-electron chi connectivity index (χ2n) is 3.80. The monoisotopic (exact) mass is 263 g/mol. The van der Waals surface area contributed by atoms with Crippen molar-refractivity contribution >= 4 is 17.2 Å². The number of nitrogens with two attached hydrogens (primary N) is 1. The molecule has 0 aliphatic carbocycles. The normalized spacial score (nSPS) is 10.4. The Balaban J connectivity index is 2.43. The fourth-order valence-corrected chi connectivity index (χ4v) is 1.71. The number of hydrogen-bond donors (Lipinski definition) is 1. The quantitative estimate of drug-likeness (QED) is 0.840. The second kappa shape index (κ2) is 4.69. The number of ether oxygens (including phenoxy) is 1. The van der Waals surface area contributed by atoms with Gasteiger partial charge in [-0.05, 0) is 13.8 Å². The van der Waals surface area contributed by atoms with Crippen molar-refractivity contribution in [1.82, 2.24) is 19.7 Å². The molecule has 0 amide bonds. The lowest BCUT2D eigenvalue weighted by atomic mass is 10.3. The van der Waals surface area contributed by atoms with Gasteiger partial charge in [0.25, 0.3) is 0 Å². The maximum atomic E-state index is 5.73. The van der Waals surface area contributed by atoms with Gasteiger partial charge in [0.2, 0.25) is 5.88 Å². The molecule has 0 atom stereocenters. The van der Waals surface area contributed by atoms with E-state index in [-0.39, 0.29) is 4.99 Å². The molecule has 0 radical (unpaired) electrons. The molecule has 0 unspecified atom stereocenters. The van der Waals surface area contributed by atoms with E-state index in [0.29, 0.717) is 17.3 Å². The van der Waals surface area contributed by atoms with Crippen LogP contribution < -0.4 is 10.5 Å². The molecule has 0 saturated heterocycles.